The van der Waals surface area contributed by atoms with E-state index in [-0.39, 0.29) is 17.0 Å². The van der Waals surface area contributed by atoms with Crippen LogP contribution in [0.25, 0.3) is 11.6 Å². The monoisotopic (exact) mass is 385 g/mol. The zero-order valence-corrected chi connectivity index (χ0v) is 15.9. The number of hydrogen-bond donors (Lipinski definition) is 0. The minimum absolute atomic E-state index is 0.0215. The van der Waals surface area contributed by atoms with Crippen molar-refractivity contribution in [3.05, 3.63) is 49.4 Å². The maximum absolute atomic E-state index is 12.7. The van der Waals surface area contributed by atoms with Crippen LogP contribution in [0.5, 0.6) is 5.75 Å². The molecule has 1 amide bonds. The van der Waals surface area contributed by atoms with Gasteiger partial charge in [0.15, 0.2) is 5.57 Å². The molecule has 27 heavy (non-hydrogen) atoms. The van der Waals surface area contributed by atoms with Crippen molar-refractivity contribution in [1.82, 2.24) is 9.47 Å². The second-order valence-corrected chi connectivity index (χ2v) is 6.98. The number of nitrogens with zero attached hydrogens (tertiary/aromatic N) is 3. The Bertz CT molecular complexity index is 1070. The number of amides is 1. The van der Waals surface area contributed by atoms with E-state index in [0.717, 1.165) is 16.9 Å². The standard InChI is InChI=1S/C19H19N3O4S/c1-21-18(24)16(11-13-4-3-5-14(10-13)25-2)27-19(21)15(12-20)17(23)22-6-8-26-9-7-22/h3-5,10-11H,6-9H2,1-2H3. The molecular formula is C19H19N3O4S. The van der Waals surface area contributed by atoms with Gasteiger partial charge in [-0.25, -0.2) is 0 Å². The van der Waals surface area contributed by atoms with E-state index >= 15 is 0 Å². The van der Waals surface area contributed by atoms with Crippen molar-refractivity contribution in [3.8, 4) is 11.8 Å². The van der Waals surface area contributed by atoms with E-state index in [1.54, 1.807) is 25.1 Å². The Balaban J connectivity index is 2.11. The molecule has 1 saturated heterocycles. The van der Waals surface area contributed by atoms with Crippen LogP contribution in [-0.2, 0) is 16.6 Å². The molecule has 0 atom stereocenters. The summed E-state index contributed by atoms with van der Waals surface area (Å²) in [6, 6.07) is 9.30. The number of nitriles is 1. The fourth-order valence-electron chi connectivity index (χ4n) is 2.78. The van der Waals surface area contributed by atoms with E-state index in [1.165, 1.54) is 4.57 Å². The van der Waals surface area contributed by atoms with Crippen LogP contribution < -0.4 is 19.5 Å². The third-order valence-corrected chi connectivity index (χ3v) is 5.44. The maximum Gasteiger partial charge on any atom is 0.268 e. The van der Waals surface area contributed by atoms with Crippen molar-refractivity contribution < 1.29 is 14.3 Å². The van der Waals surface area contributed by atoms with Gasteiger partial charge in [-0.05, 0) is 23.8 Å². The normalized spacial score (nSPS) is 16.0. The summed E-state index contributed by atoms with van der Waals surface area (Å²) in [6.45, 7) is 1.77. The number of methoxy groups -OCH3 is 1. The van der Waals surface area contributed by atoms with Gasteiger partial charge in [0.2, 0.25) is 0 Å². The Morgan fingerprint density at radius 3 is 2.78 bits per heavy atom. The highest BCUT2D eigenvalue weighted by molar-refractivity contribution is 7.07. The lowest BCUT2D eigenvalue weighted by Gasteiger charge is -2.26. The summed E-state index contributed by atoms with van der Waals surface area (Å²) in [5.41, 5.74) is 0.532. The van der Waals surface area contributed by atoms with E-state index in [2.05, 4.69) is 0 Å². The first-order valence-electron chi connectivity index (χ1n) is 8.38. The number of hydrogen-bond acceptors (Lipinski definition) is 6. The molecule has 1 aromatic heterocycles. The summed E-state index contributed by atoms with van der Waals surface area (Å²) < 4.78 is 12.6. The van der Waals surface area contributed by atoms with Crippen LogP contribution >= 0.6 is 11.3 Å². The smallest absolute Gasteiger partial charge is 0.268 e. The number of aromatic nitrogens is 1. The van der Waals surface area contributed by atoms with Crippen LogP contribution in [0.15, 0.2) is 29.1 Å². The van der Waals surface area contributed by atoms with Crippen LogP contribution in [-0.4, -0.2) is 48.8 Å². The molecule has 3 rings (SSSR count). The number of benzene rings is 1. The zero-order valence-electron chi connectivity index (χ0n) is 15.1. The first-order valence-corrected chi connectivity index (χ1v) is 9.20. The summed E-state index contributed by atoms with van der Waals surface area (Å²) in [5.74, 6) is 0.315. The van der Waals surface area contributed by atoms with Crippen molar-refractivity contribution in [2.75, 3.05) is 33.4 Å². The fraction of sp³-hybridized carbons (Fsp3) is 0.316. The molecule has 2 heterocycles. The molecule has 1 aromatic carbocycles. The molecule has 0 radical (unpaired) electrons. The predicted octanol–water partition coefficient (Wildman–Crippen LogP) is -0.183. The Labute approximate surface area is 160 Å². The second kappa shape index (κ2) is 8.20. The van der Waals surface area contributed by atoms with Crippen molar-refractivity contribution in [3.63, 3.8) is 0 Å². The van der Waals surface area contributed by atoms with Gasteiger partial charge in [-0.2, -0.15) is 5.26 Å². The number of ether oxygens (including phenoxy) is 2. The van der Waals surface area contributed by atoms with Crippen molar-refractivity contribution in [1.29, 1.82) is 5.26 Å². The predicted molar refractivity (Wildman–Crippen MR) is 102 cm³/mol. The van der Waals surface area contributed by atoms with Gasteiger partial charge in [0.05, 0.1) is 24.9 Å². The van der Waals surface area contributed by atoms with Gasteiger partial charge < -0.3 is 18.9 Å². The molecule has 140 valence electrons. The fourth-order valence-corrected chi connectivity index (χ4v) is 3.86. The molecule has 0 unspecified atom stereocenters. The Morgan fingerprint density at radius 2 is 2.11 bits per heavy atom. The molecule has 1 aliphatic rings. The third-order valence-electron chi connectivity index (χ3n) is 4.26. The summed E-state index contributed by atoms with van der Waals surface area (Å²) in [4.78, 5) is 26.9. The average molecular weight is 385 g/mol. The SMILES string of the molecule is COc1cccc(C=c2sc(=C(C#N)C(=O)N3CCOCC3)n(C)c2=O)c1. The number of rotatable bonds is 3. The Hall–Kier alpha value is -2.89. The van der Waals surface area contributed by atoms with Crippen LogP contribution in [0.4, 0.5) is 0 Å². The number of carbonyl (C=O) groups excluding carboxylic acids is 1. The summed E-state index contributed by atoms with van der Waals surface area (Å²) in [7, 11) is 3.15. The molecule has 0 bridgehead atoms. The van der Waals surface area contributed by atoms with E-state index in [9.17, 15) is 14.9 Å². The van der Waals surface area contributed by atoms with E-state index < -0.39 is 0 Å². The molecule has 7 nitrogen and oxygen atoms in total. The topological polar surface area (TPSA) is 84.6 Å². The van der Waals surface area contributed by atoms with E-state index in [0.29, 0.717) is 41.2 Å². The lowest BCUT2D eigenvalue weighted by atomic mass is 10.2. The second-order valence-electron chi connectivity index (χ2n) is 5.95. The van der Waals surface area contributed by atoms with E-state index in [4.69, 9.17) is 9.47 Å². The van der Waals surface area contributed by atoms with Crippen molar-refractivity contribution in [2.24, 2.45) is 7.05 Å². The third kappa shape index (κ3) is 3.94. The average Bonchev–Trinajstić information content (AvgIpc) is 2.98. The molecule has 2 aromatic rings. The number of thiazole rings is 1. The molecule has 1 fully saturated rings. The van der Waals surface area contributed by atoms with Gasteiger partial charge in [0.1, 0.15) is 16.5 Å². The first-order chi connectivity index (χ1) is 13.0. The quantitative estimate of drug-likeness (QED) is 0.732. The zero-order chi connectivity index (χ0) is 19.4. The Morgan fingerprint density at radius 1 is 1.37 bits per heavy atom. The van der Waals surface area contributed by atoms with Gasteiger partial charge in [-0.15, -0.1) is 11.3 Å². The molecule has 0 spiro atoms. The van der Waals surface area contributed by atoms with Crippen LogP contribution in [0.2, 0.25) is 0 Å². The first kappa shape index (κ1) is 18.9. The largest absolute Gasteiger partial charge is 0.497 e. The maximum atomic E-state index is 12.7. The lowest BCUT2D eigenvalue weighted by Crippen LogP contribution is -2.42. The van der Waals surface area contributed by atoms with Crippen molar-refractivity contribution >= 4 is 28.9 Å². The van der Waals surface area contributed by atoms with Gasteiger partial charge in [-0.1, -0.05) is 12.1 Å². The molecule has 1 aliphatic heterocycles. The molecular weight excluding hydrogens is 366 g/mol. The molecule has 0 N–H and O–H groups in total. The van der Waals surface area contributed by atoms with Gasteiger partial charge in [0.25, 0.3) is 11.5 Å². The molecule has 8 heteroatoms. The number of morpholine rings is 1. The van der Waals surface area contributed by atoms with Crippen molar-refractivity contribution in [2.45, 2.75) is 0 Å². The highest BCUT2D eigenvalue weighted by Crippen LogP contribution is 2.12. The highest BCUT2D eigenvalue weighted by atomic mass is 32.1. The molecule has 0 aliphatic carbocycles. The van der Waals surface area contributed by atoms with Crippen LogP contribution in [0, 0.1) is 11.3 Å². The van der Waals surface area contributed by atoms with Crippen LogP contribution in [0.3, 0.4) is 0 Å². The number of carbonyl (C=O) groups is 1. The minimum Gasteiger partial charge on any atom is -0.497 e. The summed E-state index contributed by atoms with van der Waals surface area (Å²) in [6.07, 6.45) is 1.73. The lowest BCUT2D eigenvalue weighted by molar-refractivity contribution is -0.128. The van der Waals surface area contributed by atoms with E-state index in [1.807, 2.05) is 30.3 Å². The molecule has 0 saturated carbocycles. The van der Waals surface area contributed by atoms with Gasteiger partial charge >= 0.3 is 0 Å². The van der Waals surface area contributed by atoms with Gasteiger partial charge in [-0.3, -0.25) is 9.59 Å². The summed E-state index contributed by atoms with van der Waals surface area (Å²) >= 11 is 1.14. The Kier molecular flexibility index (Phi) is 5.74. The highest BCUT2D eigenvalue weighted by Gasteiger charge is 2.22. The van der Waals surface area contributed by atoms with Crippen LogP contribution in [0.1, 0.15) is 5.56 Å². The summed E-state index contributed by atoms with van der Waals surface area (Å²) in [5, 5.41) is 9.56. The minimum atomic E-state index is -0.370. The van der Waals surface area contributed by atoms with Gasteiger partial charge in [0, 0.05) is 20.1 Å².